The van der Waals surface area contributed by atoms with E-state index in [0.29, 0.717) is 6.61 Å². The van der Waals surface area contributed by atoms with Crippen molar-refractivity contribution < 1.29 is 13.3 Å². The summed E-state index contributed by atoms with van der Waals surface area (Å²) in [6.45, 7) is 7.85. The third kappa shape index (κ3) is 5.52. The predicted octanol–water partition coefficient (Wildman–Crippen LogP) is 2.01. The van der Waals surface area contributed by atoms with Gasteiger partial charge in [-0.05, 0) is 37.8 Å². The Hall–Kier alpha value is -0.536. The second-order valence-corrected chi connectivity index (χ2v) is 11.4. The molecule has 0 saturated heterocycles. The van der Waals surface area contributed by atoms with Gasteiger partial charge in [-0.25, -0.2) is 0 Å². The molecular weight excluding hydrogens is 238 g/mol. The lowest BCUT2D eigenvalue weighted by molar-refractivity contribution is 0.218. The van der Waals surface area contributed by atoms with E-state index in [1.165, 1.54) is 0 Å². The van der Waals surface area contributed by atoms with Crippen LogP contribution >= 0.6 is 0 Å². The molecule has 0 radical (unpaired) electrons. The van der Waals surface area contributed by atoms with Gasteiger partial charge in [0, 0.05) is 12.4 Å². The van der Waals surface area contributed by atoms with E-state index in [4.69, 9.17) is 8.54 Å². The maximum atomic E-state index is 9.71. The van der Waals surface area contributed by atoms with E-state index >= 15 is 0 Å². The minimum absolute atomic E-state index is 0.484. The van der Waals surface area contributed by atoms with Gasteiger partial charge in [0.15, 0.2) is 0 Å². The van der Waals surface area contributed by atoms with Crippen molar-refractivity contribution in [3.8, 4) is 0 Å². The Labute approximate surface area is 98.8 Å². The second kappa shape index (κ2) is 5.20. The molecule has 1 N–H and O–H groups in total. The molecule has 0 bridgehead atoms. The molecule has 1 heterocycles. The van der Waals surface area contributed by atoms with Gasteiger partial charge < -0.3 is 13.3 Å². The van der Waals surface area contributed by atoms with Gasteiger partial charge in [-0.2, -0.15) is 0 Å². The van der Waals surface area contributed by atoms with Gasteiger partial charge in [-0.1, -0.05) is 6.07 Å². The van der Waals surface area contributed by atoms with Crippen molar-refractivity contribution >= 4 is 17.1 Å². The Morgan fingerprint density at radius 2 is 2.00 bits per heavy atom. The SMILES string of the molecule is C[Si](C)(O)O[Si](C)(C)OCc1cccnc1. The van der Waals surface area contributed by atoms with Crippen LogP contribution in [0.1, 0.15) is 5.56 Å². The van der Waals surface area contributed by atoms with Gasteiger partial charge in [0.25, 0.3) is 0 Å². The number of aromatic nitrogens is 1. The largest absolute Gasteiger partial charge is 0.415 e. The summed E-state index contributed by atoms with van der Waals surface area (Å²) in [6.07, 6.45) is 3.50. The molecule has 1 aromatic heterocycles. The van der Waals surface area contributed by atoms with Crippen molar-refractivity contribution in [1.82, 2.24) is 4.98 Å². The lowest BCUT2D eigenvalue weighted by Gasteiger charge is -2.29. The summed E-state index contributed by atoms with van der Waals surface area (Å²) in [5.74, 6) is 0. The Morgan fingerprint density at radius 3 is 2.50 bits per heavy atom. The number of nitrogens with zero attached hydrogens (tertiary/aromatic N) is 1. The molecule has 90 valence electrons. The first-order valence-corrected chi connectivity index (χ1v) is 10.9. The fourth-order valence-corrected chi connectivity index (χ4v) is 6.93. The maximum absolute atomic E-state index is 9.71. The highest BCUT2D eigenvalue weighted by molar-refractivity contribution is 6.78. The topological polar surface area (TPSA) is 51.6 Å². The quantitative estimate of drug-likeness (QED) is 0.820. The van der Waals surface area contributed by atoms with Crippen LogP contribution in [0, 0.1) is 0 Å². The molecule has 0 aliphatic carbocycles. The highest BCUT2D eigenvalue weighted by Crippen LogP contribution is 2.15. The Morgan fingerprint density at radius 1 is 1.31 bits per heavy atom. The van der Waals surface area contributed by atoms with E-state index in [9.17, 15) is 4.80 Å². The molecule has 0 amide bonds. The zero-order valence-corrected chi connectivity index (χ0v) is 12.2. The van der Waals surface area contributed by atoms with Crippen molar-refractivity contribution in [2.24, 2.45) is 0 Å². The first-order valence-electron chi connectivity index (χ1n) is 5.24. The number of pyridine rings is 1. The summed E-state index contributed by atoms with van der Waals surface area (Å²) in [6, 6.07) is 3.83. The fraction of sp³-hybridized carbons (Fsp3) is 0.500. The molecule has 0 unspecified atom stereocenters. The lowest BCUT2D eigenvalue weighted by atomic mass is 10.3. The minimum Gasteiger partial charge on any atom is -0.415 e. The van der Waals surface area contributed by atoms with Crippen LogP contribution in [-0.2, 0) is 15.1 Å². The zero-order chi connectivity index (χ0) is 12.2. The first kappa shape index (κ1) is 13.5. The molecule has 0 atom stereocenters. The van der Waals surface area contributed by atoms with E-state index < -0.39 is 17.1 Å². The van der Waals surface area contributed by atoms with Gasteiger partial charge >= 0.3 is 17.1 Å². The third-order valence-corrected chi connectivity index (χ3v) is 6.61. The smallest absolute Gasteiger partial charge is 0.323 e. The molecule has 0 fully saturated rings. The van der Waals surface area contributed by atoms with Crippen LogP contribution in [0.2, 0.25) is 26.2 Å². The van der Waals surface area contributed by atoms with Crippen LogP contribution in [0.4, 0.5) is 0 Å². The molecule has 16 heavy (non-hydrogen) atoms. The standard InChI is InChI=1S/C10H19NO3Si2/c1-15(2,12)14-16(3,4)13-9-10-6-5-7-11-8-10/h5-8,12H,9H2,1-4H3. The van der Waals surface area contributed by atoms with Crippen molar-refractivity contribution in [2.75, 3.05) is 0 Å². The summed E-state index contributed by atoms with van der Waals surface area (Å²) in [7, 11) is -4.75. The van der Waals surface area contributed by atoms with Crippen molar-refractivity contribution in [3.05, 3.63) is 30.1 Å². The second-order valence-electron chi connectivity index (χ2n) is 4.60. The summed E-state index contributed by atoms with van der Waals surface area (Å²) < 4.78 is 11.4. The highest BCUT2D eigenvalue weighted by atomic mass is 28.5. The molecule has 4 nitrogen and oxygen atoms in total. The van der Waals surface area contributed by atoms with Crippen LogP contribution in [0.25, 0.3) is 0 Å². The van der Waals surface area contributed by atoms with Crippen molar-refractivity contribution in [1.29, 1.82) is 0 Å². The molecule has 0 spiro atoms. The van der Waals surface area contributed by atoms with Crippen LogP contribution in [0.3, 0.4) is 0 Å². The average Bonchev–Trinajstić information content (AvgIpc) is 2.13. The maximum Gasteiger partial charge on any atom is 0.323 e. The van der Waals surface area contributed by atoms with Crippen molar-refractivity contribution in [3.63, 3.8) is 0 Å². The summed E-state index contributed by atoms with van der Waals surface area (Å²) in [5, 5.41) is 0. The highest BCUT2D eigenvalue weighted by Gasteiger charge is 2.33. The van der Waals surface area contributed by atoms with Gasteiger partial charge in [-0.3, -0.25) is 4.98 Å². The molecule has 1 aromatic rings. The molecule has 0 aliphatic rings. The average molecular weight is 257 g/mol. The number of rotatable bonds is 5. The normalized spacial score (nSPS) is 12.8. The first-order chi connectivity index (χ1) is 7.29. The lowest BCUT2D eigenvalue weighted by Crippen LogP contribution is -2.46. The van der Waals surface area contributed by atoms with E-state index in [2.05, 4.69) is 4.98 Å². The fourth-order valence-electron chi connectivity index (χ4n) is 1.37. The molecule has 1 rings (SSSR count). The Balaban J connectivity index is 2.48. The summed E-state index contributed by atoms with van der Waals surface area (Å²) >= 11 is 0. The van der Waals surface area contributed by atoms with E-state index in [1.54, 1.807) is 25.5 Å². The molecule has 0 saturated carbocycles. The van der Waals surface area contributed by atoms with Crippen LogP contribution < -0.4 is 0 Å². The molecule has 0 aliphatic heterocycles. The Bertz CT molecular complexity index is 325. The van der Waals surface area contributed by atoms with E-state index in [1.807, 2.05) is 25.2 Å². The predicted molar refractivity (Wildman–Crippen MR) is 67.3 cm³/mol. The van der Waals surface area contributed by atoms with E-state index in [-0.39, 0.29) is 0 Å². The van der Waals surface area contributed by atoms with Crippen LogP contribution in [-0.4, -0.2) is 26.9 Å². The van der Waals surface area contributed by atoms with Gasteiger partial charge in [-0.15, -0.1) is 0 Å². The van der Waals surface area contributed by atoms with Gasteiger partial charge in [0.2, 0.25) is 0 Å². The van der Waals surface area contributed by atoms with Gasteiger partial charge in [0.05, 0.1) is 6.61 Å². The Kier molecular flexibility index (Phi) is 4.39. The number of hydrogen-bond donors (Lipinski definition) is 1. The summed E-state index contributed by atoms with van der Waals surface area (Å²) in [5.41, 5.74) is 1.02. The minimum atomic E-state index is -2.51. The monoisotopic (exact) mass is 257 g/mol. The molecule has 6 heteroatoms. The third-order valence-electron chi connectivity index (χ3n) is 1.80. The van der Waals surface area contributed by atoms with Gasteiger partial charge in [0.1, 0.15) is 0 Å². The molecule has 0 aromatic carbocycles. The number of hydrogen-bond acceptors (Lipinski definition) is 4. The van der Waals surface area contributed by atoms with Crippen LogP contribution in [0.15, 0.2) is 24.5 Å². The van der Waals surface area contributed by atoms with Crippen molar-refractivity contribution in [2.45, 2.75) is 32.8 Å². The molecular formula is C10H19NO3Si2. The van der Waals surface area contributed by atoms with E-state index in [0.717, 1.165) is 5.56 Å². The summed E-state index contributed by atoms with van der Waals surface area (Å²) in [4.78, 5) is 13.7. The zero-order valence-electron chi connectivity index (χ0n) is 10.2. The van der Waals surface area contributed by atoms with Crippen LogP contribution in [0.5, 0.6) is 0 Å².